The van der Waals surface area contributed by atoms with Crippen LogP contribution in [-0.2, 0) is 4.74 Å². The van der Waals surface area contributed by atoms with Gasteiger partial charge in [-0.05, 0) is 38.1 Å². The molecule has 1 atom stereocenters. The fraction of sp³-hybridized carbons (Fsp3) is 1.00. The maximum Gasteiger partial charge on any atom is 0.0619 e. The first-order valence-electron chi connectivity index (χ1n) is 5.26. The Bertz CT molecular complexity index is 128. The Hall–Kier alpha value is -0.0800. The van der Waals surface area contributed by atoms with E-state index in [0.717, 1.165) is 19.1 Å². The molecule has 2 fully saturated rings. The van der Waals surface area contributed by atoms with E-state index in [1.165, 1.54) is 38.6 Å². The van der Waals surface area contributed by atoms with Crippen molar-refractivity contribution in [2.45, 2.75) is 38.1 Å². The molecule has 12 heavy (non-hydrogen) atoms. The molecule has 1 heterocycles. The first-order valence-corrected chi connectivity index (χ1v) is 5.26. The summed E-state index contributed by atoms with van der Waals surface area (Å²) < 4.78 is 5.63. The Morgan fingerprint density at radius 1 is 1.08 bits per heavy atom. The molecule has 0 bridgehead atoms. The van der Waals surface area contributed by atoms with Gasteiger partial charge in [-0.3, -0.25) is 0 Å². The normalized spacial score (nSPS) is 30.5. The number of rotatable bonds is 4. The lowest BCUT2D eigenvalue weighted by atomic mass is 10.1. The number of hydrogen-bond acceptors (Lipinski definition) is 2. The zero-order valence-corrected chi connectivity index (χ0v) is 7.72. The van der Waals surface area contributed by atoms with Gasteiger partial charge in [-0.1, -0.05) is 6.42 Å². The highest BCUT2D eigenvalue weighted by Gasteiger charge is 2.22. The van der Waals surface area contributed by atoms with Gasteiger partial charge in [-0.25, -0.2) is 0 Å². The predicted octanol–water partition coefficient (Wildman–Crippen LogP) is 1.56. The van der Waals surface area contributed by atoms with Crippen molar-refractivity contribution >= 4 is 0 Å². The lowest BCUT2D eigenvalue weighted by Crippen LogP contribution is -2.37. The Labute approximate surface area is 74.7 Å². The summed E-state index contributed by atoms with van der Waals surface area (Å²) in [4.78, 5) is 0. The molecule has 0 aromatic heterocycles. The predicted molar refractivity (Wildman–Crippen MR) is 49.2 cm³/mol. The van der Waals surface area contributed by atoms with Gasteiger partial charge in [-0.15, -0.1) is 0 Å². The van der Waals surface area contributed by atoms with Crippen LogP contribution in [0, 0.1) is 5.92 Å². The molecule has 1 aliphatic heterocycles. The molecule has 0 radical (unpaired) electrons. The Morgan fingerprint density at radius 3 is 2.67 bits per heavy atom. The minimum Gasteiger partial charge on any atom is -0.380 e. The lowest BCUT2D eigenvalue weighted by Gasteiger charge is -2.23. The molecule has 2 nitrogen and oxygen atoms in total. The minimum atomic E-state index is 0.650. The second-order valence-corrected chi connectivity index (χ2v) is 4.13. The Balaban J connectivity index is 1.52. The number of ether oxygens (including phenoxy) is 1. The second-order valence-electron chi connectivity index (χ2n) is 4.13. The fourth-order valence-corrected chi connectivity index (χ4v) is 1.73. The number of piperidine rings is 1. The molecule has 0 amide bonds. The van der Waals surface area contributed by atoms with E-state index in [4.69, 9.17) is 4.74 Å². The van der Waals surface area contributed by atoms with Crippen molar-refractivity contribution in [1.29, 1.82) is 0 Å². The van der Waals surface area contributed by atoms with Crippen molar-refractivity contribution in [2.75, 3.05) is 19.8 Å². The number of nitrogens with one attached hydrogen (secondary N) is 1. The first kappa shape index (κ1) is 8.52. The smallest absolute Gasteiger partial charge is 0.0619 e. The van der Waals surface area contributed by atoms with Crippen molar-refractivity contribution < 1.29 is 4.74 Å². The summed E-state index contributed by atoms with van der Waals surface area (Å²) in [6, 6.07) is 0.650. The maximum absolute atomic E-state index is 5.63. The molecule has 1 saturated carbocycles. The molecule has 1 N–H and O–H groups in total. The molecule has 0 spiro atoms. The van der Waals surface area contributed by atoms with E-state index < -0.39 is 0 Å². The molecule has 2 aliphatic rings. The van der Waals surface area contributed by atoms with E-state index in [1.54, 1.807) is 0 Å². The third-order valence-electron chi connectivity index (χ3n) is 2.78. The van der Waals surface area contributed by atoms with Crippen LogP contribution < -0.4 is 5.32 Å². The highest BCUT2D eigenvalue weighted by atomic mass is 16.5. The van der Waals surface area contributed by atoms with Gasteiger partial charge in [0.05, 0.1) is 6.61 Å². The van der Waals surface area contributed by atoms with Gasteiger partial charge >= 0.3 is 0 Å². The third kappa shape index (κ3) is 2.76. The van der Waals surface area contributed by atoms with Crippen molar-refractivity contribution in [3.63, 3.8) is 0 Å². The molecule has 1 saturated heterocycles. The summed E-state index contributed by atoms with van der Waals surface area (Å²) in [7, 11) is 0. The van der Waals surface area contributed by atoms with E-state index >= 15 is 0 Å². The summed E-state index contributed by atoms with van der Waals surface area (Å²) >= 11 is 0. The van der Waals surface area contributed by atoms with Crippen LogP contribution in [0.2, 0.25) is 0 Å². The van der Waals surface area contributed by atoms with Gasteiger partial charge in [0, 0.05) is 12.6 Å². The van der Waals surface area contributed by atoms with Crippen LogP contribution in [0.25, 0.3) is 0 Å². The summed E-state index contributed by atoms with van der Waals surface area (Å²) in [5.74, 6) is 0.911. The van der Waals surface area contributed by atoms with Crippen LogP contribution in [-0.4, -0.2) is 25.8 Å². The maximum atomic E-state index is 5.63. The largest absolute Gasteiger partial charge is 0.380 e. The van der Waals surface area contributed by atoms with Gasteiger partial charge < -0.3 is 10.1 Å². The third-order valence-corrected chi connectivity index (χ3v) is 2.78. The van der Waals surface area contributed by atoms with Crippen LogP contribution in [0.4, 0.5) is 0 Å². The molecule has 70 valence electrons. The van der Waals surface area contributed by atoms with Gasteiger partial charge in [0.1, 0.15) is 0 Å². The summed E-state index contributed by atoms with van der Waals surface area (Å²) in [6.45, 7) is 3.14. The standard InChI is InChI=1S/C10H19NO/c1-2-6-11-10(3-1)8-12-7-9-4-5-9/h9-11H,1-8H2/t10-/m0/s1. The van der Waals surface area contributed by atoms with Gasteiger partial charge in [-0.2, -0.15) is 0 Å². The first-order chi connectivity index (χ1) is 5.95. The van der Waals surface area contributed by atoms with E-state index in [1.807, 2.05) is 0 Å². The van der Waals surface area contributed by atoms with Gasteiger partial charge in [0.2, 0.25) is 0 Å². The van der Waals surface area contributed by atoms with Gasteiger partial charge in [0.25, 0.3) is 0 Å². The molecule has 0 unspecified atom stereocenters. The Morgan fingerprint density at radius 2 is 2.00 bits per heavy atom. The molecular weight excluding hydrogens is 150 g/mol. The van der Waals surface area contributed by atoms with E-state index in [0.29, 0.717) is 6.04 Å². The zero-order chi connectivity index (χ0) is 8.23. The quantitative estimate of drug-likeness (QED) is 0.689. The zero-order valence-electron chi connectivity index (χ0n) is 7.72. The molecule has 0 aromatic carbocycles. The van der Waals surface area contributed by atoms with E-state index in [9.17, 15) is 0 Å². The van der Waals surface area contributed by atoms with Crippen molar-refractivity contribution in [1.82, 2.24) is 5.32 Å². The van der Waals surface area contributed by atoms with Crippen molar-refractivity contribution in [3.05, 3.63) is 0 Å². The fourth-order valence-electron chi connectivity index (χ4n) is 1.73. The van der Waals surface area contributed by atoms with Crippen molar-refractivity contribution in [3.8, 4) is 0 Å². The van der Waals surface area contributed by atoms with Crippen LogP contribution >= 0.6 is 0 Å². The van der Waals surface area contributed by atoms with E-state index in [2.05, 4.69) is 5.32 Å². The molecular formula is C10H19NO. The van der Waals surface area contributed by atoms with E-state index in [-0.39, 0.29) is 0 Å². The molecule has 2 rings (SSSR count). The number of hydrogen-bond donors (Lipinski definition) is 1. The molecule has 0 aromatic rings. The SMILES string of the molecule is C1CC[C@@H](COCC2CC2)NC1. The van der Waals surface area contributed by atoms with Crippen molar-refractivity contribution in [2.24, 2.45) is 5.92 Å². The highest BCUT2D eigenvalue weighted by molar-refractivity contribution is 4.74. The highest BCUT2D eigenvalue weighted by Crippen LogP contribution is 2.28. The van der Waals surface area contributed by atoms with Gasteiger partial charge in [0.15, 0.2) is 0 Å². The molecule has 1 aliphatic carbocycles. The molecule has 2 heteroatoms. The second kappa shape index (κ2) is 4.24. The monoisotopic (exact) mass is 169 g/mol. The average Bonchev–Trinajstić information content (AvgIpc) is 2.90. The van der Waals surface area contributed by atoms with Crippen LogP contribution in [0.15, 0.2) is 0 Å². The average molecular weight is 169 g/mol. The van der Waals surface area contributed by atoms with Crippen LogP contribution in [0.3, 0.4) is 0 Å². The summed E-state index contributed by atoms with van der Waals surface area (Å²) in [5, 5.41) is 3.49. The summed E-state index contributed by atoms with van der Waals surface area (Å²) in [5.41, 5.74) is 0. The topological polar surface area (TPSA) is 21.3 Å². The summed E-state index contributed by atoms with van der Waals surface area (Å²) in [6.07, 6.45) is 6.84. The van der Waals surface area contributed by atoms with Crippen LogP contribution in [0.1, 0.15) is 32.1 Å². The lowest BCUT2D eigenvalue weighted by molar-refractivity contribution is 0.0951. The Kier molecular flexibility index (Phi) is 3.01. The van der Waals surface area contributed by atoms with Crippen LogP contribution in [0.5, 0.6) is 0 Å². The minimum absolute atomic E-state index is 0.650.